The fraction of sp³-hybridized carbons (Fsp3) is 0.381. The Balaban J connectivity index is 1.76. The lowest BCUT2D eigenvalue weighted by molar-refractivity contribution is -0.224. The number of rotatable bonds is 6. The molecule has 1 aliphatic heterocycles. The van der Waals surface area contributed by atoms with E-state index < -0.39 is 0 Å². The van der Waals surface area contributed by atoms with E-state index in [2.05, 4.69) is 0 Å². The molecule has 0 saturated carbocycles. The van der Waals surface area contributed by atoms with E-state index in [0.717, 1.165) is 18.4 Å². The molecule has 0 N–H and O–H groups in total. The molecule has 2 aromatic carbocycles. The summed E-state index contributed by atoms with van der Waals surface area (Å²) < 4.78 is 26.3. The van der Waals surface area contributed by atoms with Gasteiger partial charge in [0.1, 0.15) is 17.7 Å². The summed E-state index contributed by atoms with van der Waals surface area (Å²) in [5, 5.41) is 1.76. The number of carbonyl (C=O) groups excluding carboxylic acids is 1. The lowest BCUT2D eigenvalue weighted by Gasteiger charge is -2.36. The average Bonchev–Trinajstić information content (AvgIpc) is 2.67. The van der Waals surface area contributed by atoms with Crippen molar-refractivity contribution in [2.75, 3.05) is 6.54 Å². The molecule has 26 heavy (non-hydrogen) atoms. The number of halogens is 2. The minimum atomic E-state index is -0.385. The summed E-state index contributed by atoms with van der Waals surface area (Å²) in [6.45, 7) is 2.66. The maximum atomic E-state index is 13.2. The summed E-state index contributed by atoms with van der Waals surface area (Å²) in [6.07, 6.45) is 3.07. The molecule has 2 atom stereocenters. The number of piperidine rings is 1. The minimum absolute atomic E-state index is 0.0568. The van der Waals surface area contributed by atoms with Crippen molar-refractivity contribution in [1.82, 2.24) is 5.06 Å². The molecule has 0 radical (unpaired) electrons. The van der Waals surface area contributed by atoms with Gasteiger partial charge in [0.2, 0.25) is 0 Å². The molecule has 0 aliphatic carbocycles. The van der Waals surface area contributed by atoms with Crippen LogP contribution in [0.2, 0.25) is 0 Å². The van der Waals surface area contributed by atoms with Gasteiger partial charge in [0.05, 0.1) is 6.04 Å². The number of Topliss-reactive ketones (excluding diaryl/α,β-unsaturated/α-hetero) is 1. The molecule has 1 fully saturated rings. The second-order valence-corrected chi connectivity index (χ2v) is 6.58. The third-order valence-corrected chi connectivity index (χ3v) is 4.76. The summed E-state index contributed by atoms with van der Waals surface area (Å²) in [4.78, 5) is 19.0. The third kappa shape index (κ3) is 4.34. The van der Waals surface area contributed by atoms with E-state index in [9.17, 15) is 13.6 Å². The molecule has 2 aromatic rings. The molecular formula is C21H23F2NO2. The second-order valence-electron chi connectivity index (χ2n) is 6.58. The molecule has 1 saturated heterocycles. The predicted molar refractivity (Wildman–Crippen MR) is 95.6 cm³/mol. The Morgan fingerprint density at radius 1 is 1.08 bits per heavy atom. The first-order valence-electron chi connectivity index (χ1n) is 9.07. The lowest BCUT2D eigenvalue weighted by Crippen LogP contribution is -2.45. The number of benzene rings is 2. The molecule has 138 valence electrons. The summed E-state index contributed by atoms with van der Waals surface area (Å²) >= 11 is 0. The zero-order valence-corrected chi connectivity index (χ0v) is 14.8. The van der Waals surface area contributed by atoms with Crippen molar-refractivity contribution < 1.29 is 18.4 Å². The van der Waals surface area contributed by atoms with E-state index in [0.29, 0.717) is 24.9 Å². The van der Waals surface area contributed by atoms with E-state index in [1.807, 2.05) is 6.92 Å². The van der Waals surface area contributed by atoms with Crippen LogP contribution in [-0.4, -0.2) is 23.4 Å². The van der Waals surface area contributed by atoms with Gasteiger partial charge in [-0.15, -0.1) is 0 Å². The van der Waals surface area contributed by atoms with Crippen LogP contribution in [0.4, 0.5) is 8.78 Å². The van der Waals surface area contributed by atoms with Gasteiger partial charge in [-0.05, 0) is 67.6 Å². The van der Waals surface area contributed by atoms with Gasteiger partial charge in [0.25, 0.3) is 0 Å². The number of hydrogen-bond donors (Lipinski definition) is 0. The van der Waals surface area contributed by atoms with Crippen LogP contribution in [-0.2, 0) is 4.84 Å². The highest BCUT2D eigenvalue weighted by atomic mass is 19.1. The Morgan fingerprint density at radius 2 is 1.69 bits per heavy atom. The Kier molecular flexibility index (Phi) is 6.12. The van der Waals surface area contributed by atoms with Gasteiger partial charge in [-0.2, -0.15) is 5.06 Å². The van der Waals surface area contributed by atoms with E-state index >= 15 is 0 Å². The molecule has 0 aromatic heterocycles. The van der Waals surface area contributed by atoms with Gasteiger partial charge in [0, 0.05) is 12.1 Å². The molecule has 2 unspecified atom stereocenters. The van der Waals surface area contributed by atoms with Gasteiger partial charge in [-0.25, -0.2) is 8.78 Å². The first-order chi connectivity index (χ1) is 12.6. The van der Waals surface area contributed by atoms with Crippen molar-refractivity contribution in [3.05, 3.63) is 71.3 Å². The van der Waals surface area contributed by atoms with Crippen LogP contribution >= 0.6 is 0 Å². The zero-order valence-electron chi connectivity index (χ0n) is 14.8. The predicted octanol–water partition coefficient (Wildman–Crippen LogP) is 5.08. The van der Waals surface area contributed by atoms with Crippen molar-refractivity contribution in [2.24, 2.45) is 0 Å². The Bertz CT molecular complexity index is 731. The number of carbonyl (C=O) groups is 1. The molecule has 0 bridgehead atoms. The van der Waals surface area contributed by atoms with E-state index in [-0.39, 0.29) is 29.6 Å². The van der Waals surface area contributed by atoms with Gasteiger partial charge >= 0.3 is 0 Å². The number of hydroxylamine groups is 2. The highest BCUT2D eigenvalue weighted by Crippen LogP contribution is 2.28. The smallest absolute Gasteiger partial charge is 0.182 e. The lowest BCUT2D eigenvalue weighted by atomic mass is 9.96. The molecule has 0 amide bonds. The topological polar surface area (TPSA) is 29.5 Å². The first-order valence-corrected chi connectivity index (χ1v) is 9.07. The summed E-state index contributed by atoms with van der Waals surface area (Å²) in [6, 6.07) is 11.5. The quantitative estimate of drug-likeness (QED) is 0.673. The Labute approximate surface area is 152 Å². The summed E-state index contributed by atoms with van der Waals surface area (Å²) in [5.74, 6) is -0.703. The molecule has 1 aliphatic rings. The summed E-state index contributed by atoms with van der Waals surface area (Å²) in [7, 11) is 0. The highest BCUT2D eigenvalue weighted by molar-refractivity contribution is 6.00. The molecule has 0 spiro atoms. The van der Waals surface area contributed by atoms with Gasteiger partial charge in [-0.1, -0.05) is 19.1 Å². The van der Waals surface area contributed by atoms with Crippen LogP contribution in [0.15, 0.2) is 48.5 Å². The largest absolute Gasteiger partial charge is 0.292 e. The first kappa shape index (κ1) is 18.7. The van der Waals surface area contributed by atoms with Crippen molar-refractivity contribution in [2.45, 2.75) is 44.8 Å². The van der Waals surface area contributed by atoms with Crippen molar-refractivity contribution in [1.29, 1.82) is 0 Å². The van der Waals surface area contributed by atoms with Gasteiger partial charge in [0.15, 0.2) is 5.78 Å². The second kappa shape index (κ2) is 8.52. The SMILES string of the molecule is CCC(ON1CCCCC1C(=O)c1ccc(F)cc1)c1ccc(F)cc1. The maximum absolute atomic E-state index is 13.2. The molecule has 5 heteroatoms. The average molecular weight is 359 g/mol. The zero-order chi connectivity index (χ0) is 18.5. The fourth-order valence-corrected chi connectivity index (χ4v) is 3.31. The number of ketones is 1. The van der Waals surface area contributed by atoms with Crippen molar-refractivity contribution >= 4 is 5.78 Å². The van der Waals surface area contributed by atoms with Crippen LogP contribution in [0.25, 0.3) is 0 Å². The monoisotopic (exact) mass is 359 g/mol. The van der Waals surface area contributed by atoms with Gasteiger partial charge in [-0.3, -0.25) is 9.63 Å². The van der Waals surface area contributed by atoms with Crippen LogP contribution in [0, 0.1) is 11.6 Å². The van der Waals surface area contributed by atoms with Crippen LogP contribution < -0.4 is 0 Å². The van der Waals surface area contributed by atoms with Crippen molar-refractivity contribution in [3.63, 3.8) is 0 Å². The third-order valence-electron chi connectivity index (χ3n) is 4.76. The Hall–Kier alpha value is -2.11. The van der Waals surface area contributed by atoms with Crippen LogP contribution in [0.1, 0.15) is 54.6 Å². The molecule has 1 heterocycles. The maximum Gasteiger partial charge on any atom is 0.182 e. The van der Waals surface area contributed by atoms with Gasteiger partial charge < -0.3 is 0 Å². The van der Waals surface area contributed by atoms with E-state index in [1.54, 1.807) is 17.2 Å². The number of hydrogen-bond acceptors (Lipinski definition) is 3. The fourth-order valence-electron chi connectivity index (χ4n) is 3.31. The van der Waals surface area contributed by atoms with Crippen LogP contribution in [0.3, 0.4) is 0 Å². The molecular weight excluding hydrogens is 336 g/mol. The van der Waals surface area contributed by atoms with Crippen molar-refractivity contribution in [3.8, 4) is 0 Å². The van der Waals surface area contributed by atoms with E-state index in [1.165, 1.54) is 36.4 Å². The number of nitrogens with zero attached hydrogens (tertiary/aromatic N) is 1. The highest BCUT2D eigenvalue weighted by Gasteiger charge is 2.32. The normalized spacial score (nSPS) is 19.3. The molecule has 3 nitrogen and oxygen atoms in total. The van der Waals surface area contributed by atoms with Crippen LogP contribution in [0.5, 0.6) is 0 Å². The molecule has 3 rings (SSSR count). The summed E-state index contributed by atoms with van der Waals surface area (Å²) in [5.41, 5.74) is 1.37. The Morgan fingerprint density at radius 3 is 2.31 bits per heavy atom. The minimum Gasteiger partial charge on any atom is -0.292 e. The van der Waals surface area contributed by atoms with E-state index in [4.69, 9.17) is 4.84 Å². The standard InChI is InChI=1S/C21H23F2NO2/c1-2-20(15-6-10-17(22)11-7-15)26-24-14-4-3-5-19(24)21(25)16-8-12-18(23)13-9-16/h6-13,19-20H,2-5,14H2,1H3.